The summed E-state index contributed by atoms with van der Waals surface area (Å²) in [4.78, 5) is 0. The maximum Gasteiger partial charge on any atom is 0.124 e. The Kier molecular flexibility index (Phi) is 3.59. The first-order valence-corrected chi connectivity index (χ1v) is 7.44. The number of nitrogens with one attached hydrogen (secondary N) is 1. The fourth-order valence-electron chi connectivity index (χ4n) is 2.48. The number of phenolic OH excluding ortho intramolecular Hbond substituents is 2. The second-order valence-electron chi connectivity index (χ2n) is 5.17. The van der Waals surface area contributed by atoms with Gasteiger partial charge in [-0.05, 0) is 37.3 Å². The van der Waals surface area contributed by atoms with Gasteiger partial charge in [-0.2, -0.15) is 5.10 Å². The van der Waals surface area contributed by atoms with Crippen LogP contribution in [-0.4, -0.2) is 15.9 Å². The molecule has 21 heavy (non-hydrogen) atoms. The number of hydrogen-bond donors (Lipinski definition) is 3. The zero-order valence-electron chi connectivity index (χ0n) is 11.5. The molecule has 1 aliphatic heterocycles. The van der Waals surface area contributed by atoms with Gasteiger partial charge < -0.3 is 15.6 Å². The van der Waals surface area contributed by atoms with Crippen LogP contribution >= 0.6 is 15.9 Å². The summed E-state index contributed by atoms with van der Waals surface area (Å²) in [7, 11) is 0. The van der Waals surface area contributed by atoms with E-state index in [9.17, 15) is 10.2 Å². The van der Waals surface area contributed by atoms with Crippen molar-refractivity contribution >= 4 is 21.6 Å². The van der Waals surface area contributed by atoms with E-state index in [1.54, 1.807) is 18.2 Å². The highest BCUT2D eigenvalue weighted by Gasteiger charge is 2.25. The molecule has 1 heterocycles. The van der Waals surface area contributed by atoms with Gasteiger partial charge >= 0.3 is 0 Å². The second kappa shape index (κ2) is 5.41. The highest BCUT2D eigenvalue weighted by Crippen LogP contribution is 2.34. The monoisotopic (exact) mass is 346 g/mol. The van der Waals surface area contributed by atoms with Gasteiger partial charge in [0.2, 0.25) is 0 Å². The molecule has 1 aliphatic rings. The number of nitrogens with zero attached hydrogens (tertiary/aromatic N) is 1. The third-order valence-electron chi connectivity index (χ3n) is 3.58. The summed E-state index contributed by atoms with van der Waals surface area (Å²) in [5.74, 6) is 0.459. The maximum absolute atomic E-state index is 9.99. The Morgan fingerprint density at radius 1 is 1.14 bits per heavy atom. The van der Waals surface area contributed by atoms with E-state index in [0.29, 0.717) is 6.42 Å². The minimum atomic E-state index is -0.0996. The van der Waals surface area contributed by atoms with E-state index in [1.807, 2.05) is 25.1 Å². The van der Waals surface area contributed by atoms with Gasteiger partial charge in [-0.1, -0.05) is 27.6 Å². The topological polar surface area (TPSA) is 64.9 Å². The van der Waals surface area contributed by atoms with Gasteiger partial charge in [0.1, 0.15) is 11.5 Å². The molecule has 0 radical (unpaired) electrons. The summed E-state index contributed by atoms with van der Waals surface area (Å²) in [5, 5.41) is 24.3. The summed E-state index contributed by atoms with van der Waals surface area (Å²) >= 11 is 3.41. The molecule has 108 valence electrons. The van der Waals surface area contributed by atoms with E-state index in [2.05, 4.69) is 26.5 Å². The molecular formula is C16H15BrN2O2. The fourth-order valence-corrected chi connectivity index (χ4v) is 2.85. The normalized spacial score (nSPS) is 17.4. The van der Waals surface area contributed by atoms with Crippen LogP contribution in [-0.2, 0) is 0 Å². The largest absolute Gasteiger partial charge is 0.508 e. The van der Waals surface area contributed by atoms with Gasteiger partial charge in [-0.25, -0.2) is 0 Å². The summed E-state index contributed by atoms with van der Waals surface area (Å²) in [6, 6.07) is 10.7. The minimum Gasteiger partial charge on any atom is -0.508 e. The van der Waals surface area contributed by atoms with Crippen LogP contribution in [0.5, 0.6) is 11.5 Å². The van der Waals surface area contributed by atoms with Crippen molar-refractivity contribution in [2.24, 2.45) is 5.10 Å². The lowest BCUT2D eigenvalue weighted by Crippen LogP contribution is -2.10. The van der Waals surface area contributed by atoms with Gasteiger partial charge in [0.25, 0.3) is 0 Å². The average molecular weight is 347 g/mol. The van der Waals surface area contributed by atoms with Crippen LogP contribution in [0.15, 0.2) is 46.0 Å². The SMILES string of the molecule is Cc1ccc(O)c(C2=NN[C@H](c3cc(Br)ccc3O)C2)c1. The number of benzene rings is 2. The van der Waals surface area contributed by atoms with Crippen LogP contribution in [0.25, 0.3) is 0 Å². The highest BCUT2D eigenvalue weighted by atomic mass is 79.9. The third-order valence-corrected chi connectivity index (χ3v) is 4.07. The van der Waals surface area contributed by atoms with Crippen molar-refractivity contribution in [3.63, 3.8) is 0 Å². The third kappa shape index (κ3) is 2.74. The van der Waals surface area contributed by atoms with Crippen molar-refractivity contribution in [1.82, 2.24) is 5.43 Å². The summed E-state index contributed by atoms with van der Waals surface area (Å²) in [6.07, 6.45) is 0.612. The quantitative estimate of drug-likeness (QED) is 0.778. The number of phenols is 2. The predicted molar refractivity (Wildman–Crippen MR) is 85.7 cm³/mol. The lowest BCUT2D eigenvalue weighted by Gasteiger charge is -2.12. The summed E-state index contributed by atoms with van der Waals surface area (Å²) in [5.41, 5.74) is 6.42. The lowest BCUT2D eigenvalue weighted by atomic mass is 9.97. The van der Waals surface area contributed by atoms with Crippen LogP contribution in [0.2, 0.25) is 0 Å². The maximum atomic E-state index is 9.99. The van der Waals surface area contributed by atoms with E-state index in [4.69, 9.17) is 0 Å². The van der Waals surface area contributed by atoms with Crippen LogP contribution in [0.3, 0.4) is 0 Å². The van der Waals surface area contributed by atoms with Crippen molar-refractivity contribution in [1.29, 1.82) is 0 Å². The molecule has 3 rings (SSSR count). The second-order valence-corrected chi connectivity index (χ2v) is 6.08. The van der Waals surface area contributed by atoms with Crippen molar-refractivity contribution in [3.8, 4) is 11.5 Å². The molecule has 1 atom stereocenters. The average Bonchev–Trinajstić information content (AvgIpc) is 2.93. The Labute approximate surface area is 131 Å². The lowest BCUT2D eigenvalue weighted by molar-refractivity contribution is 0.455. The molecule has 3 N–H and O–H groups in total. The van der Waals surface area contributed by atoms with Crippen LogP contribution in [0, 0.1) is 6.92 Å². The molecule has 2 aromatic rings. The van der Waals surface area contributed by atoms with Crippen LogP contribution in [0.4, 0.5) is 0 Å². The number of hydrogen-bond acceptors (Lipinski definition) is 4. The molecule has 0 bridgehead atoms. The number of hydrazone groups is 1. The Morgan fingerprint density at radius 3 is 2.71 bits per heavy atom. The number of halogens is 1. The number of aromatic hydroxyl groups is 2. The zero-order chi connectivity index (χ0) is 15.0. The van der Waals surface area contributed by atoms with Crippen molar-refractivity contribution < 1.29 is 10.2 Å². The molecule has 0 aliphatic carbocycles. The first-order valence-electron chi connectivity index (χ1n) is 6.65. The van der Waals surface area contributed by atoms with Gasteiger partial charge in [-0.15, -0.1) is 0 Å². The molecule has 5 heteroatoms. The van der Waals surface area contributed by atoms with Gasteiger partial charge in [0.05, 0.1) is 11.8 Å². The molecule has 0 unspecified atom stereocenters. The Morgan fingerprint density at radius 2 is 1.90 bits per heavy atom. The van der Waals surface area contributed by atoms with Crippen molar-refractivity contribution in [3.05, 3.63) is 57.6 Å². The molecule has 0 saturated heterocycles. The van der Waals surface area contributed by atoms with E-state index >= 15 is 0 Å². The number of aryl methyl sites for hydroxylation is 1. The Balaban J connectivity index is 1.88. The Hall–Kier alpha value is -2.01. The first kappa shape index (κ1) is 13.9. The molecule has 0 saturated carbocycles. The predicted octanol–water partition coefficient (Wildman–Crippen LogP) is 3.61. The smallest absolute Gasteiger partial charge is 0.124 e. The van der Waals surface area contributed by atoms with E-state index in [1.165, 1.54) is 0 Å². The zero-order valence-corrected chi connectivity index (χ0v) is 13.1. The minimum absolute atomic E-state index is 0.0996. The molecule has 2 aromatic carbocycles. The molecule has 0 aromatic heterocycles. The van der Waals surface area contributed by atoms with Crippen LogP contribution < -0.4 is 5.43 Å². The summed E-state index contributed by atoms with van der Waals surface area (Å²) in [6.45, 7) is 1.98. The van der Waals surface area contributed by atoms with Crippen LogP contribution in [0.1, 0.15) is 29.2 Å². The fraction of sp³-hybridized carbons (Fsp3) is 0.188. The Bertz CT molecular complexity index is 728. The molecule has 0 spiro atoms. The van der Waals surface area contributed by atoms with E-state index in [0.717, 1.165) is 26.9 Å². The van der Waals surface area contributed by atoms with Crippen molar-refractivity contribution in [2.75, 3.05) is 0 Å². The molecule has 0 amide bonds. The first-order chi connectivity index (χ1) is 10.0. The van der Waals surface area contributed by atoms with Crippen molar-refractivity contribution in [2.45, 2.75) is 19.4 Å². The van der Waals surface area contributed by atoms with Gasteiger partial charge in [0, 0.05) is 22.0 Å². The molecule has 4 nitrogen and oxygen atoms in total. The van der Waals surface area contributed by atoms with E-state index < -0.39 is 0 Å². The molecule has 0 fully saturated rings. The summed E-state index contributed by atoms with van der Waals surface area (Å²) < 4.78 is 0.906. The molecular weight excluding hydrogens is 332 g/mol. The van der Waals surface area contributed by atoms with Gasteiger partial charge in [-0.3, -0.25) is 0 Å². The standard InChI is InChI=1S/C16H15BrN2O2/c1-9-2-4-15(20)11(6-9)13-8-14(19-18-13)12-7-10(17)3-5-16(12)21/h2-7,14,19-21H,8H2,1H3/t14-/m0/s1. The highest BCUT2D eigenvalue weighted by molar-refractivity contribution is 9.10. The van der Waals surface area contributed by atoms with E-state index in [-0.39, 0.29) is 17.5 Å². The number of rotatable bonds is 2. The van der Waals surface area contributed by atoms with Gasteiger partial charge in [0.15, 0.2) is 0 Å².